The predicted molar refractivity (Wildman–Crippen MR) is 88.4 cm³/mol. The van der Waals surface area contributed by atoms with Gasteiger partial charge in [-0.1, -0.05) is 37.3 Å². The minimum atomic E-state index is -0.371. The molecule has 1 saturated heterocycles. The Bertz CT molecular complexity index is 729. The van der Waals surface area contributed by atoms with Crippen molar-refractivity contribution in [3.8, 4) is 5.75 Å². The van der Waals surface area contributed by atoms with E-state index >= 15 is 0 Å². The maximum atomic E-state index is 12.0. The summed E-state index contributed by atoms with van der Waals surface area (Å²) in [6.45, 7) is 2.73. The van der Waals surface area contributed by atoms with Crippen molar-refractivity contribution in [2.75, 3.05) is 13.2 Å². The largest absolute Gasteiger partial charge is 0.494 e. The minimum Gasteiger partial charge on any atom is -0.494 e. The quantitative estimate of drug-likeness (QED) is 0.659. The third kappa shape index (κ3) is 3.28. The zero-order chi connectivity index (χ0) is 16.2. The van der Waals surface area contributed by atoms with Crippen molar-refractivity contribution < 1.29 is 14.3 Å². The normalized spacial score (nSPS) is 17.6. The maximum absolute atomic E-state index is 12.0. The Morgan fingerprint density at radius 1 is 1.13 bits per heavy atom. The summed E-state index contributed by atoms with van der Waals surface area (Å²) in [5.41, 5.74) is 0. The first-order chi connectivity index (χ1) is 11.2. The summed E-state index contributed by atoms with van der Waals surface area (Å²) >= 11 is 0. The first kappa shape index (κ1) is 15.3. The van der Waals surface area contributed by atoms with Crippen molar-refractivity contribution in [2.45, 2.75) is 25.8 Å². The molecule has 2 aromatic carbocycles. The van der Waals surface area contributed by atoms with Crippen LogP contribution in [-0.4, -0.2) is 36.0 Å². The van der Waals surface area contributed by atoms with Gasteiger partial charge in [0.2, 0.25) is 0 Å². The molecular formula is C18H20N2O3. The fourth-order valence-corrected chi connectivity index (χ4v) is 2.74. The molecule has 0 spiro atoms. The molecule has 1 heterocycles. The average molecular weight is 312 g/mol. The monoisotopic (exact) mass is 312 g/mol. The van der Waals surface area contributed by atoms with Crippen LogP contribution >= 0.6 is 0 Å². The predicted octanol–water partition coefficient (Wildman–Crippen LogP) is 2.94. The van der Waals surface area contributed by atoms with E-state index in [9.17, 15) is 9.59 Å². The lowest BCUT2D eigenvalue weighted by Gasteiger charge is -2.13. The Hall–Kier alpha value is -2.56. The van der Waals surface area contributed by atoms with Crippen LogP contribution in [0.4, 0.5) is 4.79 Å². The fourth-order valence-electron chi connectivity index (χ4n) is 2.74. The lowest BCUT2D eigenvalue weighted by atomic mass is 10.1. The van der Waals surface area contributed by atoms with E-state index in [-0.39, 0.29) is 18.0 Å². The summed E-state index contributed by atoms with van der Waals surface area (Å²) in [7, 11) is 0. The molecule has 3 rings (SSSR count). The molecular weight excluding hydrogens is 292 g/mol. The third-order valence-corrected chi connectivity index (χ3v) is 4.03. The number of hydrogen-bond acceptors (Lipinski definition) is 3. The van der Waals surface area contributed by atoms with Gasteiger partial charge in [-0.15, -0.1) is 0 Å². The molecule has 0 aliphatic carbocycles. The van der Waals surface area contributed by atoms with E-state index in [1.807, 2.05) is 43.3 Å². The van der Waals surface area contributed by atoms with Crippen molar-refractivity contribution in [3.63, 3.8) is 0 Å². The van der Waals surface area contributed by atoms with Crippen LogP contribution in [-0.2, 0) is 4.79 Å². The molecule has 0 radical (unpaired) electrons. The highest BCUT2D eigenvalue weighted by Gasteiger charge is 2.36. The second-order valence-electron chi connectivity index (χ2n) is 5.61. The van der Waals surface area contributed by atoms with E-state index in [1.54, 1.807) is 0 Å². The van der Waals surface area contributed by atoms with E-state index in [2.05, 4.69) is 11.4 Å². The molecule has 2 aromatic rings. The van der Waals surface area contributed by atoms with Gasteiger partial charge in [-0.2, -0.15) is 0 Å². The maximum Gasteiger partial charge on any atom is 0.324 e. The number of imide groups is 1. The van der Waals surface area contributed by atoms with E-state index < -0.39 is 0 Å². The molecule has 1 N–H and O–H groups in total. The molecule has 1 atom stereocenters. The summed E-state index contributed by atoms with van der Waals surface area (Å²) in [4.78, 5) is 25.0. The number of carbonyl (C=O) groups excluding carboxylic acids is 2. The van der Waals surface area contributed by atoms with Crippen LogP contribution in [0.1, 0.15) is 19.8 Å². The van der Waals surface area contributed by atoms with Crippen LogP contribution in [0.2, 0.25) is 0 Å². The number of benzene rings is 2. The zero-order valence-electron chi connectivity index (χ0n) is 13.1. The summed E-state index contributed by atoms with van der Waals surface area (Å²) in [6.07, 6.45) is 1.23. The van der Waals surface area contributed by atoms with Crippen LogP contribution < -0.4 is 10.1 Å². The number of carbonyl (C=O) groups is 2. The Morgan fingerprint density at radius 3 is 2.65 bits per heavy atom. The van der Waals surface area contributed by atoms with E-state index in [0.717, 1.165) is 11.1 Å². The summed E-state index contributed by atoms with van der Waals surface area (Å²) in [5.74, 6) is 0.663. The second kappa shape index (κ2) is 6.69. The van der Waals surface area contributed by atoms with Gasteiger partial charge < -0.3 is 10.1 Å². The van der Waals surface area contributed by atoms with E-state index in [1.165, 1.54) is 10.3 Å². The number of nitrogens with one attached hydrogen (secondary N) is 1. The standard InChI is InChI=1S/C18H20N2O3/c1-2-16-17(21)20(18(22)19-16)10-5-11-23-15-9-8-13-6-3-4-7-14(13)12-15/h3-4,6-9,12,16H,2,5,10-11H2,1H3,(H,19,22)/t16-/m1/s1. The van der Waals surface area contributed by atoms with Gasteiger partial charge in [0.15, 0.2) is 0 Å². The molecule has 120 valence electrons. The average Bonchev–Trinajstić information content (AvgIpc) is 2.85. The van der Waals surface area contributed by atoms with E-state index in [4.69, 9.17) is 4.74 Å². The fraction of sp³-hybridized carbons (Fsp3) is 0.333. The number of urea groups is 1. The molecule has 1 aliphatic heterocycles. The summed E-state index contributed by atoms with van der Waals surface area (Å²) in [6, 6.07) is 13.4. The Balaban J connectivity index is 1.51. The number of hydrogen-bond donors (Lipinski definition) is 1. The van der Waals surface area contributed by atoms with Crippen LogP contribution in [0.3, 0.4) is 0 Å². The number of ether oxygens (including phenoxy) is 1. The van der Waals surface area contributed by atoms with Gasteiger partial charge in [0.25, 0.3) is 5.91 Å². The SMILES string of the molecule is CC[C@H]1NC(=O)N(CCCOc2ccc3ccccc3c2)C1=O. The van der Waals surface area contributed by atoms with Crippen molar-refractivity contribution in [1.29, 1.82) is 0 Å². The number of fused-ring (bicyclic) bond motifs is 1. The Kier molecular flexibility index (Phi) is 4.46. The van der Waals surface area contributed by atoms with Crippen LogP contribution in [0.15, 0.2) is 42.5 Å². The number of amides is 3. The third-order valence-electron chi connectivity index (χ3n) is 4.03. The molecule has 0 unspecified atom stereocenters. The smallest absolute Gasteiger partial charge is 0.324 e. The van der Waals surface area contributed by atoms with Crippen molar-refractivity contribution in [3.05, 3.63) is 42.5 Å². The minimum absolute atomic E-state index is 0.136. The lowest BCUT2D eigenvalue weighted by Crippen LogP contribution is -2.33. The summed E-state index contributed by atoms with van der Waals surface area (Å²) < 4.78 is 5.73. The highest BCUT2D eigenvalue weighted by molar-refractivity contribution is 6.04. The first-order valence-corrected chi connectivity index (χ1v) is 7.92. The second-order valence-corrected chi connectivity index (χ2v) is 5.61. The van der Waals surface area contributed by atoms with Gasteiger partial charge in [0, 0.05) is 6.54 Å². The van der Waals surface area contributed by atoms with Crippen LogP contribution in [0, 0.1) is 0 Å². The topological polar surface area (TPSA) is 58.6 Å². The number of nitrogens with zero attached hydrogens (tertiary/aromatic N) is 1. The van der Waals surface area contributed by atoms with Crippen molar-refractivity contribution >= 4 is 22.7 Å². The van der Waals surface area contributed by atoms with Crippen molar-refractivity contribution in [1.82, 2.24) is 10.2 Å². The molecule has 5 heteroatoms. The summed E-state index contributed by atoms with van der Waals surface area (Å²) in [5, 5.41) is 4.98. The van der Waals surface area contributed by atoms with Crippen LogP contribution in [0.5, 0.6) is 5.75 Å². The molecule has 0 bridgehead atoms. The van der Waals surface area contributed by atoms with Gasteiger partial charge in [0.1, 0.15) is 11.8 Å². The van der Waals surface area contributed by atoms with Crippen molar-refractivity contribution in [2.24, 2.45) is 0 Å². The lowest BCUT2D eigenvalue weighted by molar-refractivity contribution is -0.127. The van der Waals surface area contributed by atoms with Gasteiger partial charge in [0.05, 0.1) is 6.61 Å². The molecule has 1 aliphatic rings. The van der Waals surface area contributed by atoms with Gasteiger partial charge >= 0.3 is 6.03 Å². The molecule has 5 nitrogen and oxygen atoms in total. The van der Waals surface area contributed by atoms with Gasteiger partial charge in [-0.3, -0.25) is 9.69 Å². The van der Waals surface area contributed by atoms with Gasteiger partial charge in [-0.05, 0) is 35.7 Å². The zero-order valence-corrected chi connectivity index (χ0v) is 13.1. The highest BCUT2D eigenvalue weighted by atomic mass is 16.5. The number of rotatable bonds is 6. The molecule has 23 heavy (non-hydrogen) atoms. The van der Waals surface area contributed by atoms with Gasteiger partial charge in [-0.25, -0.2) is 4.79 Å². The Labute approximate surface area is 135 Å². The molecule has 3 amide bonds. The first-order valence-electron chi connectivity index (χ1n) is 7.92. The highest BCUT2D eigenvalue weighted by Crippen LogP contribution is 2.20. The molecule has 0 aromatic heterocycles. The molecule has 0 saturated carbocycles. The Morgan fingerprint density at radius 2 is 1.91 bits per heavy atom. The molecule has 1 fully saturated rings. The van der Waals surface area contributed by atoms with Crippen LogP contribution in [0.25, 0.3) is 10.8 Å². The van der Waals surface area contributed by atoms with E-state index in [0.29, 0.717) is 26.0 Å².